The maximum absolute atomic E-state index is 10.4. The SMILES string of the molecule is O=[C]c1ccc(OCCCCCCc2ccccc2)cc1. The van der Waals surface area contributed by atoms with Gasteiger partial charge in [0.2, 0.25) is 6.29 Å². The van der Waals surface area contributed by atoms with Crippen LogP contribution in [0.2, 0.25) is 0 Å². The van der Waals surface area contributed by atoms with E-state index >= 15 is 0 Å². The lowest BCUT2D eigenvalue weighted by atomic mass is 10.1. The van der Waals surface area contributed by atoms with Gasteiger partial charge in [-0.25, -0.2) is 0 Å². The van der Waals surface area contributed by atoms with Gasteiger partial charge in [0.15, 0.2) is 0 Å². The molecule has 0 aliphatic carbocycles. The highest BCUT2D eigenvalue weighted by Gasteiger charge is 1.96. The second kappa shape index (κ2) is 8.96. The number of rotatable bonds is 9. The Balaban J connectivity index is 1.52. The van der Waals surface area contributed by atoms with Crippen LogP contribution in [-0.2, 0) is 11.2 Å². The third-order valence-electron chi connectivity index (χ3n) is 3.44. The van der Waals surface area contributed by atoms with E-state index in [1.165, 1.54) is 24.8 Å². The summed E-state index contributed by atoms with van der Waals surface area (Å²) in [5.74, 6) is 0.818. The summed E-state index contributed by atoms with van der Waals surface area (Å²) in [6.07, 6.45) is 7.73. The molecule has 0 saturated heterocycles. The van der Waals surface area contributed by atoms with Crippen molar-refractivity contribution >= 4 is 6.29 Å². The Bertz CT molecular complexity index is 517. The van der Waals surface area contributed by atoms with Crippen LogP contribution in [0.4, 0.5) is 0 Å². The number of unbranched alkanes of at least 4 members (excludes halogenated alkanes) is 3. The minimum Gasteiger partial charge on any atom is -0.494 e. The summed E-state index contributed by atoms with van der Waals surface area (Å²) in [6.45, 7) is 0.732. The van der Waals surface area contributed by atoms with Crippen molar-refractivity contribution in [2.75, 3.05) is 6.61 Å². The monoisotopic (exact) mass is 281 g/mol. The molecule has 0 fully saturated rings. The van der Waals surface area contributed by atoms with Crippen molar-refractivity contribution in [3.05, 3.63) is 65.7 Å². The number of hydrogen-bond acceptors (Lipinski definition) is 2. The Labute approximate surface area is 126 Å². The highest BCUT2D eigenvalue weighted by atomic mass is 16.5. The first-order valence-electron chi connectivity index (χ1n) is 7.53. The van der Waals surface area contributed by atoms with Gasteiger partial charge in [0.1, 0.15) is 5.75 Å². The van der Waals surface area contributed by atoms with Crippen molar-refractivity contribution in [1.82, 2.24) is 0 Å². The van der Waals surface area contributed by atoms with Gasteiger partial charge in [-0.05, 0) is 49.1 Å². The second-order valence-electron chi connectivity index (χ2n) is 5.12. The summed E-state index contributed by atoms with van der Waals surface area (Å²) in [5, 5.41) is 0. The molecule has 0 unspecified atom stereocenters. The van der Waals surface area contributed by atoms with Crippen LogP contribution in [-0.4, -0.2) is 12.9 Å². The summed E-state index contributed by atoms with van der Waals surface area (Å²) < 4.78 is 5.64. The number of aryl methyl sites for hydroxylation is 1. The molecule has 0 heterocycles. The average Bonchev–Trinajstić information content (AvgIpc) is 2.55. The van der Waals surface area contributed by atoms with E-state index in [0.29, 0.717) is 5.56 Å². The molecule has 0 spiro atoms. The Kier molecular flexibility index (Phi) is 6.53. The lowest BCUT2D eigenvalue weighted by Crippen LogP contribution is -1.97. The molecule has 1 radical (unpaired) electrons. The molecule has 0 aromatic heterocycles. The summed E-state index contributed by atoms with van der Waals surface area (Å²) in [4.78, 5) is 10.4. The van der Waals surface area contributed by atoms with Crippen LogP contribution in [0.25, 0.3) is 0 Å². The lowest BCUT2D eigenvalue weighted by molar-refractivity contribution is 0.304. The molecule has 2 rings (SSSR count). The molecule has 0 N–H and O–H groups in total. The molecule has 0 aliphatic rings. The average molecular weight is 281 g/mol. The van der Waals surface area contributed by atoms with Crippen LogP contribution >= 0.6 is 0 Å². The largest absolute Gasteiger partial charge is 0.494 e. The van der Waals surface area contributed by atoms with Crippen LogP contribution in [0.15, 0.2) is 54.6 Å². The molecule has 0 aliphatic heterocycles. The zero-order chi connectivity index (χ0) is 14.8. The second-order valence-corrected chi connectivity index (χ2v) is 5.12. The summed E-state index contributed by atoms with van der Waals surface area (Å²) >= 11 is 0. The highest BCUT2D eigenvalue weighted by molar-refractivity contribution is 5.75. The quantitative estimate of drug-likeness (QED) is 0.640. The standard InChI is InChI=1S/C19H21O2/c20-16-18-11-13-19(14-12-18)21-15-7-2-1-4-8-17-9-5-3-6-10-17/h3,5-6,9-14H,1-2,4,7-8,15H2. The molecule has 0 bridgehead atoms. The molecular formula is C19H21O2. The smallest absolute Gasteiger partial charge is 0.233 e. The van der Waals surface area contributed by atoms with E-state index in [1.54, 1.807) is 12.1 Å². The first-order valence-corrected chi connectivity index (χ1v) is 7.53. The fourth-order valence-electron chi connectivity index (χ4n) is 2.24. The summed E-state index contributed by atoms with van der Waals surface area (Å²) in [5.41, 5.74) is 1.98. The number of benzene rings is 2. The van der Waals surface area contributed by atoms with Crippen LogP contribution in [0.1, 0.15) is 36.8 Å². The van der Waals surface area contributed by atoms with Gasteiger partial charge >= 0.3 is 0 Å². The predicted molar refractivity (Wildman–Crippen MR) is 85.3 cm³/mol. The van der Waals surface area contributed by atoms with Gasteiger partial charge in [0.05, 0.1) is 6.61 Å². The van der Waals surface area contributed by atoms with Gasteiger partial charge in [0.25, 0.3) is 0 Å². The number of carbonyl (C=O) groups excluding carboxylic acids is 1. The zero-order valence-electron chi connectivity index (χ0n) is 12.3. The van der Waals surface area contributed by atoms with Crippen LogP contribution in [0.3, 0.4) is 0 Å². The minimum atomic E-state index is 0.559. The van der Waals surface area contributed by atoms with Crippen LogP contribution in [0, 0.1) is 0 Å². The van der Waals surface area contributed by atoms with E-state index in [4.69, 9.17) is 4.74 Å². The molecule has 0 saturated carbocycles. The summed E-state index contributed by atoms with van der Waals surface area (Å²) in [6, 6.07) is 17.7. The first-order chi connectivity index (χ1) is 10.4. The van der Waals surface area contributed by atoms with Crippen molar-refractivity contribution in [3.8, 4) is 5.75 Å². The molecule has 109 valence electrons. The van der Waals surface area contributed by atoms with Crippen molar-refractivity contribution < 1.29 is 9.53 Å². The fraction of sp³-hybridized carbons (Fsp3) is 0.316. The Morgan fingerprint density at radius 3 is 2.24 bits per heavy atom. The third-order valence-corrected chi connectivity index (χ3v) is 3.44. The van der Waals surface area contributed by atoms with E-state index in [0.717, 1.165) is 25.2 Å². The van der Waals surface area contributed by atoms with Gasteiger partial charge in [-0.2, -0.15) is 0 Å². The van der Waals surface area contributed by atoms with Gasteiger partial charge in [-0.15, -0.1) is 0 Å². The first kappa shape index (κ1) is 15.3. The summed E-state index contributed by atoms with van der Waals surface area (Å²) in [7, 11) is 0. The maximum atomic E-state index is 10.4. The van der Waals surface area contributed by atoms with E-state index in [-0.39, 0.29) is 0 Å². The zero-order valence-corrected chi connectivity index (χ0v) is 12.3. The lowest BCUT2D eigenvalue weighted by Gasteiger charge is -2.06. The molecule has 2 aromatic rings. The van der Waals surface area contributed by atoms with E-state index in [1.807, 2.05) is 18.4 Å². The Hall–Kier alpha value is -2.09. The minimum absolute atomic E-state index is 0.559. The predicted octanol–water partition coefficient (Wildman–Crippen LogP) is 4.33. The van der Waals surface area contributed by atoms with Gasteiger partial charge in [-0.3, -0.25) is 4.79 Å². The topological polar surface area (TPSA) is 26.3 Å². The van der Waals surface area contributed by atoms with Crippen LogP contribution in [0.5, 0.6) is 5.75 Å². The maximum Gasteiger partial charge on any atom is 0.233 e. The molecule has 2 nitrogen and oxygen atoms in total. The molecule has 21 heavy (non-hydrogen) atoms. The molecule has 2 heteroatoms. The fourth-order valence-corrected chi connectivity index (χ4v) is 2.24. The Morgan fingerprint density at radius 2 is 1.52 bits per heavy atom. The molecular weight excluding hydrogens is 260 g/mol. The van der Waals surface area contributed by atoms with Crippen molar-refractivity contribution in [3.63, 3.8) is 0 Å². The normalized spacial score (nSPS) is 10.3. The van der Waals surface area contributed by atoms with E-state index in [2.05, 4.69) is 30.3 Å². The van der Waals surface area contributed by atoms with Gasteiger partial charge < -0.3 is 4.74 Å². The Morgan fingerprint density at radius 1 is 0.810 bits per heavy atom. The number of ether oxygens (including phenoxy) is 1. The van der Waals surface area contributed by atoms with Crippen molar-refractivity contribution in [2.45, 2.75) is 32.1 Å². The number of hydrogen-bond donors (Lipinski definition) is 0. The van der Waals surface area contributed by atoms with E-state index < -0.39 is 0 Å². The van der Waals surface area contributed by atoms with Gasteiger partial charge in [-0.1, -0.05) is 43.2 Å². The molecule has 0 atom stereocenters. The van der Waals surface area contributed by atoms with Gasteiger partial charge in [0, 0.05) is 5.56 Å². The van der Waals surface area contributed by atoms with Crippen molar-refractivity contribution in [2.24, 2.45) is 0 Å². The molecule has 0 amide bonds. The molecule has 2 aromatic carbocycles. The van der Waals surface area contributed by atoms with E-state index in [9.17, 15) is 4.79 Å². The van der Waals surface area contributed by atoms with Crippen LogP contribution < -0.4 is 4.74 Å². The third kappa shape index (κ3) is 5.82. The highest BCUT2D eigenvalue weighted by Crippen LogP contribution is 2.12. The van der Waals surface area contributed by atoms with Crippen molar-refractivity contribution in [1.29, 1.82) is 0 Å².